The van der Waals surface area contributed by atoms with Gasteiger partial charge in [-0.25, -0.2) is 4.98 Å². The van der Waals surface area contributed by atoms with Crippen LogP contribution in [0.5, 0.6) is 0 Å². The summed E-state index contributed by atoms with van der Waals surface area (Å²) in [4.78, 5) is 16.4. The zero-order valence-corrected chi connectivity index (χ0v) is 11.7. The molecule has 1 aromatic rings. The third kappa shape index (κ3) is 3.29. The van der Waals surface area contributed by atoms with Crippen molar-refractivity contribution in [2.45, 2.75) is 51.0 Å². The quantitative estimate of drug-likeness (QED) is 0.873. The van der Waals surface area contributed by atoms with Gasteiger partial charge in [0.2, 0.25) is 5.91 Å². The second-order valence-electron chi connectivity index (χ2n) is 5.08. The number of aromatic nitrogens is 1. The zero-order valence-electron chi connectivity index (χ0n) is 10.9. The number of nitrogens with one attached hydrogen (secondary N) is 1. The van der Waals surface area contributed by atoms with E-state index in [2.05, 4.69) is 10.3 Å². The van der Waals surface area contributed by atoms with E-state index in [1.165, 1.54) is 6.42 Å². The molecule has 0 unspecified atom stereocenters. The second-order valence-corrected chi connectivity index (χ2v) is 6.14. The smallest absolute Gasteiger partial charge is 0.240 e. The summed E-state index contributed by atoms with van der Waals surface area (Å²) < 4.78 is 0. The van der Waals surface area contributed by atoms with Crippen LogP contribution in [-0.4, -0.2) is 23.0 Å². The van der Waals surface area contributed by atoms with E-state index in [0.717, 1.165) is 42.8 Å². The first kappa shape index (κ1) is 13.5. The van der Waals surface area contributed by atoms with Crippen LogP contribution in [0.1, 0.15) is 42.8 Å². The predicted molar refractivity (Wildman–Crippen MR) is 73.6 cm³/mol. The Balaban J connectivity index is 1.77. The van der Waals surface area contributed by atoms with Crippen LogP contribution < -0.4 is 11.1 Å². The molecule has 3 N–H and O–H groups in total. The molecule has 0 bridgehead atoms. The molecule has 0 saturated heterocycles. The molecule has 1 amide bonds. The number of hydrogen-bond donors (Lipinski definition) is 2. The average Bonchev–Trinajstić information content (AvgIpc) is 2.76. The highest BCUT2D eigenvalue weighted by atomic mass is 32.1. The van der Waals surface area contributed by atoms with Crippen LogP contribution in [0.15, 0.2) is 5.38 Å². The Morgan fingerprint density at radius 2 is 2.22 bits per heavy atom. The maximum Gasteiger partial charge on any atom is 0.240 e. The van der Waals surface area contributed by atoms with Crippen molar-refractivity contribution >= 4 is 17.2 Å². The number of nitrogens with two attached hydrogens (primary N) is 1. The lowest BCUT2D eigenvalue weighted by Gasteiger charge is -2.31. The number of hydrogen-bond acceptors (Lipinski definition) is 4. The lowest BCUT2D eigenvalue weighted by atomic mass is 9.82. The maximum atomic E-state index is 12.1. The van der Waals surface area contributed by atoms with Crippen molar-refractivity contribution in [3.63, 3.8) is 0 Å². The molecule has 1 heterocycles. The monoisotopic (exact) mass is 267 g/mol. The fraction of sp³-hybridized carbons (Fsp3) is 0.692. The Bertz CT molecular complexity index is 410. The molecule has 0 radical (unpaired) electrons. The third-order valence-electron chi connectivity index (χ3n) is 3.53. The maximum absolute atomic E-state index is 12.1. The number of thiazole rings is 1. The van der Waals surface area contributed by atoms with Crippen LogP contribution in [0, 0.1) is 6.92 Å². The Labute approximate surface area is 112 Å². The fourth-order valence-corrected chi connectivity index (χ4v) is 3.06. The molecular formula is C13H21N3OS. The number of aryl methyl sites for hydroxylation is 1. The molecule has 18 heavy (non-hydrogen) atoms. The van der Waals surface area contributed by atoms with Crippen molar-refractivity contribution in [1.82, 2.24) is 10.3 Å². The molecule has 5 heteroatoms. The predicted octanol–water partition coefficient (Wildman–Crippen LogP) is 1.77. The van der Waals surface area contributed by atoms with Crippen molar-refractivity contribution in [3.8, 4) is 0 Å². The van der Waals surface area contributed by atoms with E-state index in [-0.39, 0.29) is 5.91 Å². The molecule has 1 saturated carbocycles. The van der Waals surface area contributed by atoms with Crippen LogP contribution in [-0.2, 0) is 11.2 Å². The van der Waals surface area contributed by atoms with Gasteiger partial charge in [-0.15, -0.1) is 11.3 Å². The largest absolute Gasteiger partial charge is 0.354 e. The summed E-state index contributed by atoms with van der Waals surface area (Å²) >= 11 is 1.64. The van der Waals surface area contributed by atoms with Gasteiger partial charge in [-0.1, -0.05) is 19.3 Å². The van der Waals surface area contributed by atoms with Crippen LogP contribution in [0.2, 0.25) is 0 Å². The van der Waals surface area contributed by atoms with E-state index < -0.39 is 5.54 Å². The van der Waals surface area contributed by atoms with E-state index in [0.29, 0.717) is 6.54 Å². The number of rotatable bonds is 4. The average molecular weight is 267 g/mol. The Kier molecular flexibility index (Phi) is 4.35. The molecule has 1 aliphatic carbocycles. The second kappa shape index (κ2) is 5.80. The van der Waals surface area contributed by atoms with Crippen molar-refractivity contribution in [2.75, 3.05) is 6.54 Å². The summed E-state index contributed by atoms with van der Waals surface area (Å²) in [6.07, 6.45) is 5.74. The Morgan fingerprint density at radius 3 is 2.83 bits per heavy atom. The van der Waals surface area contributed by atoms with Crippen LogP contribution in [0.25, 0.3) is 0 Å². The van der Waals surface area contributed by atoms with Gasteiger partial charge in [0.25, 0.3) is 0 Å². The van der Waals surface area contributed by atoms with Gasteiger partial charge in [0.05, 0.1) is 16.2 Å². The zero-order chi connectivity index (χ0) is 13.0. The van der Waals surface area contributed by atoms with Gasteiger partial charge in [0.1, 0.15) is 0 Å². The van der Waals surface area contributed by atoms with E-state index in [1.807, 2.05) is 12.3 Å². The van der Waals surface area contributed by atoms with Crippen LogP contribution in [0.4, 0.5) is 0 Å². The molecule has 0 aliphatic heterocycles. The summed E-state index contributed by atoms with van der Waals surface area (Å²) in [5.74, 6) is 0.00847. The normalized spacial score (nSPS) is 18.6. The molecule has 4 nitrogen and oxygen atoms in total. The highest BCUT2D eigenvalue weighted by molar-refractivity contribution is 7.09. The van der Waals surface area contributed by atoms with Gasteiger partial charge < -0.3 is 11.1 Å². The number of carbonyl (C=O) groups is 1. The van der Waals surface area contributed by atoms with Gasteiger partial charge in [-0.2, -0.15) is 0 Å². The van der Waals surface area contributed by atoms with E-state index >= 15 is 0 Å². The number of nitrogens with zero attached hydrogens (tertiary/aromatic N) is 1. The number of carbonyl (C=O) groups excluding carboxylic acids is 1. The van der Waals surface area contributed by atoms with Crippen molar-refractivity contribution in [1.29, 1.82) is 0 Å². The van der Waals surface area contributed by atoms with Crippen molar-refractivity contribution in [2.24, 2.45) is 5.73 Å². The first-order chi connectivity index (χ1) is 8.60. The minimum absolute atomic E-state index is 0.00847. The highest BCUT2D eigenvalue weighted by Gasteiger charge is 2.34. The van der Waals surface area contributed by atoms with Crippen LogP contribution >= 0.6 is 11.3 Å². The highest BCUT2D eigenvalue weighted by Crippen LogP contribution is 2.25. The van der Waals surface area contributed by atoms with E-state index in [1.54, 1.807) is 11.3 Å². The number of amides is 1. The van der Waals surface area contributed by atoms with Gasteiger partial charge in [-0.05, 0) is 19.8 Å². The van der Waals surface area contributed by atoms with E-state index in [9.17, 15) is 4.79 Å². The molecule has 2 rings (SSSR count). The van der Waals surface area contributed by atoms with E-state index in [4.69, 9.17) is 5.73 Å². The summed E-state index contributed by atoms with van der Waals surface area (Å²) in [6, 6.07) is 0. The molecule has 0 spiro atoms. The Morgan fingerprint density at radius 1 is 1.50 bits per heavy atom. The van der Waals surface area contributed by atoms with Gasteiger partial charge in [0, 0.05) is 18.3 Å². The van der Waals surface area contributed by atoms with Crippen LogP contribution in [0.3, 0.4) is 0 Å². The van der Waals surface area contributed by atoms with Crippen molar-refractivity contribution < 1.29 is 4.79 Å². The van der Waals surface area contributed by atoms with Crippen molar-refractivity contribution in [3.05, 3.63) is 16.1 Å². The lowest BCUT2D eigenvalue weighted by Crippen LogP contribution is -2.55. The molecule has 1 aromatic heterocycles. The molecule has 0 aromatic carbocycles. The molecule has 0 atom stereocenters. The van der Waals surface area contributed by atoms with Gasteiger partial charge in [0.15, 0.2) is 0 Å². The summed E-state index contributed by atoms with van der Waals surface area (Å²) in [5.41, 5.74) is 6.58. The van der Waals surface area contributed by atoms with Gasteiger partial charge in [-0.3, -0.25) is 4.79 Å². The minimum atomic E-state index is -0.629. The Hall–Kier alpha value is -0.940. The third-order valence-corrected chi connectivity index (χ3v) is 4.35. The van der Waals surface area contributed by atoms with Gasteiger partial charge >= 0.3 is 0 Å². The summed E-state index contributed by atoms with van der Waals surface area (Å²) in [7, 11) is 0. The lowest BCUT2D eigenvalue weighted by molar-refractivity contribution is -0.127. The first-order valence-corrected chi connectivity index (χ1v) is 7.46. The molecule has 100 valence electrons. The fourth-order valence-electron chi connectivity index (χ4n) is 2.41. The summed E-state index contributed by atoms with van der Waals surface area (Å²) in [6.45, 7) is 2.62. The molecular weight excluding hydrogens is 246 g/mol. The molecule has 1 fully saturated rings. The molecule has 1 aliphatic rings. The summed E-state index contributed by atoms with van der Waals surface area (Å²) in [5, 5.41) is 6.06. The first-order valence-electron chi connectivity index (χ1n) is 6.58. The minimum Gasteiger partial charge on any atom is -0.354 e. The standard InChI is InChI=1S/C13H21N3OS/c1-10-16-11(9-18-10)5-8-15-12(17)13(14)6-3-2-4-7-13/h9H,2-8,14H2,1H3,(H,15,17). The SMILES string of the molecule is Cc1nc(CCNC(=O)C2(N)CCCCC2)cs1. The topological polar surface area (TPSA) is 68.0 Å².